The molecule has 1 atom stereocenters. The molecule has 0 radical (unpaired) electrons. The largest absolute Gasteiger partial charge is 0.392 e. The molecular weight excluding hydrogens is 294 g/mol. The predicted molar refractivity (Wildman–Crippen MR) is 81.0 cm³/mol. The first-order chi connectivity index (χ1) is 9.99. The topological polar surface area (TPSA) is 55.1 Å². The molecule has 2 aromatic rings. The number of nitrogens with one attached hydrogen (secondary N) is 1. The van der Waals surface area contributed by atoms with Crippen molar-refractivity contribution in [3.63, 3.8) is 0 Å². The van der Waals surface area contributed by atoms with Gasteiger partial charge in [-0.25, -0.2) is 8.78 Å². The van der Waals surface area contributed by atoms with Gasteiger partial charge in [0, 0.05) is 6.07 Å². The quantitative estimate of drug-likeness (QED) is 0.854. The summed E-state index contributed by atoms with van der Waals surface area (Å²) in [5.74, 6) is -2.92. The van der Waals surface area contributed by atoms with E-state index in [0.29, 0.717) is 5.56 Å². The molecule has 21 heavy (non-hydrogen) atoms. The molecule has 2 rings (SSSR count). The standard InChI is InChI=1S/C15H12F2N2OS/c16-10-6-7-11(17)12(8-10)19-15(20)13(14(18)21)9-4-2-1-3-5-9/h1-8,13H,(H2,18,21)(H,19,20). The first kappa shape index (κ1) is 15.1. The van der Waals surface area contributed by atoms with Gasteiger partial charge in [0.05, 0.1) is 10.7 Å². The van der Waals surface area contributed by atoms with E-state index in [1.54, 1.807) is 30.3 Å². The number of carbonyl (C=O) groups excluding carboxylic acids is 1. The van der Waals surface area contributed by atoms with Crippen LogP contribution in [0.15, 0.2) is 48.5 Å². The van der Waals surface area contributed by atoms with Crippen molar-refractivity contribution >= 4 is 28.8 Å². The van der Waals surface area contributed by atoms with E-state index < -0.39 is 23.5 Å². The van der Waals surface area contributed by atoms with E-state index in [1.807, 2.05) is 0 Å². The van der Waals surface area contributed by atoms with E-state index in [4.69, 9.17) is 18.0 Å². The summed E-state index contributed by atoms with van der Waals surface area (Å²) in [6.07, 6.45) is 0. The van der Waals surface area contributed by atoms with Crippen LogP contribution in [0.5, 0.6) is 0 Å². The summed E-state index contributed by atoms with van der Waals surface area (Å²) in [7, 11) is 0. The van der Waals surface area contributed by atoms with Crippen LogP contribution in [0.3, 0.4) is 0 Å². The third kappa shape index (κ3) is 3.61. The summed E-state index contributed by atoms with van der Waals surface area (Å²) in [6, 6.07) is 11.4. The highest BCUT2D eigenvalue weighted by atomic mass is 32.1. The molecule has 108 valence electrons. The highest BCUT2D eigenvalue weighted by Crippen LogP contribution is 2.21. The third-order valence-corrected chi connectivity index (χ3v) is 3.10. The van der Waals surface area contributed by atoms with Gasteiger partial charge in [0.25, 0.3) is 0 Å². The molecule has 0 aromatic heterocycles. The van der Waals surface area contributed by atoms with E-state index in [1.165, 1.54) is 0 Å². The number of amides is 1. The van der Waals surface area contributed by atoms with Crippen molar-refractivity contribution in [2.45, 2.75) is 5.92 Å². The lowest BCUT2D eigenvalue weighted by Crippen LogP contribution is -2.31. The summed E-state index contributed by atoms with van der Waals surface area (Å²) in [5.41, 5.74) is 5.92. The molecule has 0 fully saturated rings. The molecule has 0 heterocycles. The van der Waals surface area contributed by atoms with Crippen molar-refractivity contribution in [3.05, 3.63) is 65.7 Å². The summed E-state index contributed by atoms with van der Waals surface area (Å²) in [4.78, 5) is 12.2. The predicted octanol–water partition coefficient (Wildman–Crippen LogP) is 2.97. The minimum absolute atomic E-state index is 0.0458. The zero-order valence-corrected chi connectivity index (χ0v) is 11.7. The molecular formula is C15H12F2N2OS. The fraction of sp³-hybridized carbons (Fsp3) is 0.0667. The van der Waals surface area contributed by atoms with Crippen molar-refractivity contribution in [1.29, 1.82) is 0 Å². The molecule has 0 saturated carbocycles. The number of anilines is 1. The van der Waals surface area contributed by atoms with Crippen LogP contribution >= 0.6 is 12.2 Å². The second kappa shape index (κ2) is 6.41. The van der Waals surface area contributed by atoms with Gasteiger partial charge in [0.2, 0.25) is 5.91 Å². The van der Waals surface area contributed by atoms with Crippen molar-refractivity contribution in [2.75, 3.05) is 5.32 Å². The van der Waals surface area contributed by atoms with Crippen molar-refractivity contribution in [3.8, 4) is 0 Å². The van der Waals surface area contributed by atoms with Gasteiger partial charge in [-0.1, -0.05) is 42.5 Å². The minimum atomic E-state index is -0.913. The maximum atomic E-state index is 13.6. The normalized spacial score (nSPS) is 11.7. The summed E-state index contributed by atoms with van der Waals surface area (Å²) in [6.45, 7) is 0. The number of hydrogen-bond donors (Lipinski definition) is 2. The average Bonchev–Trinajstić information content (AvgIpc) is 2.44. The molecule has 0 bridgehead atoms. The Balaban J connectivity index is 2.28. The lowest BCUT2D eigenvalue weighted by molar-refractivity contribution is -0.116. The Morgan fingerprint density at radius 1 is 1.14 bits per heavy atom. The van der Waals surface area contributed by atoms with Crippen LogP contribution in [-0.2, 0) is 4.79 Å². The summed E-state index contributed by atoms with van der Waals surface area (Å²) in [5, 5.41) is 2.31. The lowest BCUT2D eigenvalue weighted by Gasteiger charge is -2.16. The summed E-state index contributed by atoms with van der Waals surface area (Å²) >= 11 is 4.90. The second-order valence-electron chi connectivity index (χ2n) is 4.36. The van der Waals surface area contributed by atoms with Gasteiger partial charge in [-0.05, 0) is 17.7 Å². The van der Waals surface area contributed by atoms with Crippen molar-refractivity contribution < 1.29 is 13.6 Å². The smallest absolute Gasteiger partial charge is 0.238 e. The molecule has 2 aromatic carbocycles. The van der Waals surface area contributed by atoms with Crippen LogP contribution in [0.1, 0.15) is 11.5 Å². The minimum Gasteiger partial charge on any atom is -0.392 e. The zero-order chi connectivity index (χ0) is 15.4. The van der Waals surface area contributed by atoms with Gasteiger partial charge >= 0.3 is 0 Å². The Kier molecular flexibility index (Phi) is 4.59. The number of rotatable bonds is 4. The van der Waals surface area contributed by atoms with Crippen LogP contribution in [0.4, 0.5) is 14.5 Å². The van der Waals surface area contributed by atoms with Crippen LogP contribution < -0.4 is 11.1 Å². The molecule has 6 heteroatoms. The fourth-order valence-electron chi connectivity index (χ4n) is 1.89. The van der Waals surface area contributed by atoms with E-state index in [2.05, 4.69) is 5.32 Å². The van der Waals surface area contributed by atoms with E-state index in [9.17, 15) is 13.6 Å². The fourth-order valence-corrected chi connectivity index (χ4v) is 2.13. The van der Waals surface area contributed by atoms with Gasteiger partial charge in [-0.3, -0.25) is 4.79 Å². The van der Waals surface area contributed by atoms with Gasteiger partial charge in [0.15, 0.2) is 0 Å². The SMILES string of the molecule is NC(=S)C(C(=O)Nc1cc(F)ccc1F)c1ccccc1. The molecule has 0 aliphatic heterocycles. The zero-order valence-electron chi connectivity index (χ0n) is 10.8. The van der Waals surface area contributed by atoms with Gasteiger partial charge in [0.1, 0.15) is 17.6 Å². The van der Waals surface area contributed by atoms with Gasteiger partial charge in [-0.2, -0.15) is 0 Å². The second-order valence-corrected chi connectivity index (χ2v) is 4.83. The van der Waals surface area contributed by atoms with Gasteiger partial charge < -0.3 is 11.1 Å². The van der Waals surface area contributed by atoms with E-state index >= 15 is 0 Å². The van der Waals surface area contributed by atoms with Crippen LogP contribution in [0.2, 0.25) is 0 Å². The van der Waals surface area contributed by atoms with Crippen molar-refractivity contribution in [2.24, 2.45) is 5.73 Å². The number of nitrogens with two attached hydrogens (primary N) is 1. The Hall–Kier alpha value is -2.34. The van der Waals surface area contributed by atoms with Gasteiger partial charge in [-0.15, -0.1) is 0 Å². The van der Waals surface area contributed by atoms with E-state index in [0.717, 1.165) is 18.2 Å². The number of benzene rings is 2. The molecule has 3 nitrogen and oxygen atoms in total. The Morgan fingerprint density at radius 3 is 2.43 bits per heavy atom. The first-order valence-corrected chi connectivity index (χ1v) is 6.50. The Bertz CT molecular complexity index is 677. The number of carbonyl (C=O) groups is 1. The maximum Gasteiger partial charge on any atom is 0.238 e. The number of thiocarbonyl (C=S) groups is 1. The van der Waals surface area contributed by atoms with Crippen molar-refractivity contribution in [1.82, 2.24) is 0 Å². The molecule has 0 saturated heterocycles. The van der Waals surface area contributed by atoms with Crippen LogP contribution in [-0.4, -0.2) is 10.9 Å². The lowest BCUT2D eigenvalue weighted by atomic mass is 9.98. The third-order valence-electron chi connectivity index (χ3n) is 2.87. The average molecular weight is 306 g/mol. The van der Waals surface area contributed by atoms with Crippen LogP contribution in [0, 0.1) is 11.6 Å². The Labute approximate surface area is 125 Å². The summed E-state index contributed by atoms with van der Waals surface area (Å²) < 4.78 is 26.7. The highest BCUT2D eigenvalue weighted by molar-refractivity contribution is 7.80. The highest BCUT2D eigenvalue weighted by Gasteiger charge is 2.24. The van der Waals surface area contributed by atoms with E-state index in [-0.39, 0.29) is 10.7 Å². The Morgan fingerprint density at radius 2 is 1.81 bits per heavy atom. The molecule has 3 N–H and O–H groups in total. The first-order valence-electron chi connectivity index (χ1n) is 6.09. The molecule has 0 aliphatic carbocycles. The molecule has 0 aliphatic rings. The number of hydrogen-bond acceptors (Lipinski definition) is 2. The maximum absolute atomic E-state index is 13.6. The van der Waals surface area contributed by atoms with Crippen LogP contribution in [0.25, 0.3) is 0 Å². The molecule has 1 amide bonds. The molecule has 1 unspecified atom stereocenters. The molecule has 0 spiro atoms. The number of halogens is 2. The monoisotopic (exact) mass is 306 g/mol.